The summed E-state index contributed by atoms with van der Waals surface area (Å²) >= 11 is 0. The number of anilines is 2. The van der Waals surface area contributed by atoms with Gasteiger partial charge in [0.2, 0.25) is 11.9 Å². The van der Waals surface area contributed by atoms with E-state index in [2.05, 4.69) is 16.7 Å². The molecule has 4 rings (SSSR count). The van der Waals surface area contributed by atoms with Crippen molar-refractivity contribution in [3.8, 4) is 0 Å². The lowest BCUT2D eigenvalue weighted by atomic mass is 9.86. The summed E-state index contributed by atoms with van der Waals surface area (Å²) in [7, 11) is 4.04. The summed E-state index contributed by atoms with van der Waals surface area (Å²) in [6.07, 6.45) is 10.2. The van der Waals surface area contributed by atoms with E-state index >= 15 is 0 Å². The Morgan fingerprint density at radius 2 is 1.73 bits per heavy atom. The predicted octanol–water partition coefficient (Wildman–Crippen LogP) is 4.36. The van der Waals surface area contributed by atoms with Gasteiger partial charge in [-0.1, -0.05) is 25.0 Å². The molecule has 0 atom stereocenters. The SMILES string of the molecule is CN(C)c1nc(NC2CCC(CNC(=O)CC3CCCC3)CC2)nc2ccccc12. The Morgan fingerprint density at radius 1 is 1.00 bits per heavy atom. The van der Waals surface area contributed by atoms with Crippen LogP contribution in [0.3, 0.4) is 0 Å². The van der Waals surface area contributed by atoms with E-state index in [0.29, 0.717) is 23.8 Å². The Bertz CT molecular complexity index is 854. The Kier molecular flexibility index (Phi) is 6.70. The largest absolute Gasteiger partial charge is 0.362 e. The van der Waals surface area contributed by atoms with Crippen molar-refractivity contribution in [1.29, 1.82) is 0 Å². The topological polar surface area (TPSA) is 70.2 Å². The summed E-state index contributed by atoms with van der Waals surface area (Å²) < 4.78 is 0. The molecule has 0 unspecified atom stereocenters. The van der Waals surface area contributed by atoms with E-state index in [-0.39, 0.29) is 5.91 Å². The van der Waals surface area contributed by atoms with E-state index in [0.717, 1.165) is 55.4 Å². The second kappa shape index (κ2) is 9.63. The monoisotopic (exact) mass is 409 g/mol. The number of aromatic nitrogens is 2. The number of carbonyl (C=O) groups is 1. The number of para-hydroxylation sites is 1. The lowest BCUT2D eigenvalue weighted by Gasteiger charge is -2.29. The molecule has 162 valence electrons. The van der Waals surface area contributed by atoms with E-state index in [9.17, 15) is 4.79 Å². The molecule has 0 radical (unpaired) electrons. The number of nitrogens with zero attached hydrogens (tertiary/aromatic N) is 3. The van der Waals surface area contributed by atoms with Crippen LogP contribution in [-0.4, -0.2) is 42.6 Å². The van der Waals surface area contributed by atoms with Gasteiger partial charge in [0.1, 0.15) is 5.82 Å². The van der Waals surface area contributed by atoms with Crippen molar-refractivity contribution in [2.24, 2.45) is 11.8 Å². The minimum atomic E-state index is 0.253. The summed E-state index contributed by atoms with van der Waals surface area (Å²) in [6, 6.07) is 8.55. The van der Waals surface area contributed by atoms with Crippen LogP contribution in [0, 0.1) is 11.8 Å². The highest BCUT2D eigenvalue weighted by Gasteiger charge is 2.24. The number of amides is 1. The van der Waals surface area contributed by atoms with Crippen LogP contribution in [0.25, 0.3) is 10.9 Å². The summed E-state index contributed by atoms with van der Waals surface area (Å²) in [6.45, 7) is 0.829. The third kappa shape index (κ3) is 5.21. The van der Waals surface area contributed by atoms with E-state index in [1.54, 1.807) is 0 Å². The van der Waals surface area contributed by atoms with Crippen molar-refractivity contribution < 1.29 is 4.79 Å². The molecule has 1 heterocycles. The molecule has 2 aromatic rings. The van der Waals surface area contributed by atoms with Gasteiger partial charge >= 0.3 is 0 Å². The molecule has 1 amide bonds. The Morgan fingerprint density at radius 3 is 2.47 bits per heavy atom. The number of rotatable bonds is 7. The van der Waals surface area contributed by atoms with Crippen LogP contribution in [0.5, 0.6) is 0 Å². The lowest BCUT2D eigenvalue weighted by molar-refractivity contribution is -0.122. The maximum atomic E-state index is 12.2. The van der Waals surface area contributed by atoms with Crippen LogP contribution in [-0.2, 0) is 4.79 Å². The van der Waals surface area contributed by atoms with Crippen LogP contribution in [0.1, 0.15) is 57.8 Å². The van der Waals surface area contributed by atoms with Crippen molar-refractivity contribution in [3.63, 3.8) is 0 Å². The minimum absolute atomic E-state index is 0.253. The first-order valence-electron chi connectivity index (χ1n) is 11.6. The molecule has 2 saturated carbocycles. The molecule has 6 nitrogen and oxygen atoms in total. The van der Waals surface area contributed by atoms with Gasteiger partial charge in [0.15, 0.2) is 0 Å². The van der Waals surface area contributed by atoms with Gasteiger partial charge in [-0.2, -0.15) is 4.98 Å². The van der Waals surface area contributed by atoms with Crippen LogP contribution >= 0.6 is 0 Å². The quantitative estimate of drug-likeness (QED) is 0.711. The van der Waals surface area contributed by atoms with Crippen LogP contribution < -0.4 is 15.5 Å². The zero-order valence-electron chi connectivity index (χ0n) is 18.4. The standard InChI is InChI=1S/C24H35N5O/c1-29(2)23-20-9-5-6-10-21(20)27-24(28-23)26-19-13-11-18(12-14-19)16-25-22(30)15-17-7-3-4-8-17/h5-6,9-10,17-19H,3-4,7-8,11-16H2,1-2H3,(H,25,30)(H,26,27,28). The molecule has 2 aliphatic carbocycles. The van der Waals surface area contributed by atoms with Crippen molar-refractivity contribution in [2.45, 2.75) is 63.8 Å². The van der Waals surface area contributed by atoms with E-state index in [4.69, 9.17) is 9.97 Å². The average molecular weight is 410 g/mol. The molecule has 2 aliphatic rings. The molecule has 6 heteroatoms. The highest BCUT2D eigenvalue weighted by molar-refractivity contribution is 5.90. The van der Waals surface area contributed by atoms with Crippen molar-refractivity contribution >= 4 is 28.6 Å². The minimum Gasteiger partial charge on any atom is -0.362 e. The molecule has 0 spiro atoms. The third-order valence-electron chi connectivity index (χ3n) is 6.72. The summed E-state index contributed by atoms with van der Waals surface area (Å²) in [5.41, 5.74) is 0.970. The van der Waals surface area contributed by atoms with Crippen molar-refractivity contribution in [3.05, 3.63) is 24.3 Å². The van der Waals surface area contributed by atoms with Gasteiger partial charge in [-0.15, -0.1) is 0 Å². The molecule has 1 aromatic carbocycles. The number of nitrogens with one attached hydrogen (secondary N) is 2. The average Bonchev–Trinajstić information content (AvgIpc) is 3.25. The molecular weight excluding hydrogens is 374 g/mol. The summed E-state index contributed by atoms with van der Waals surface area (Å²) in [4.78, 5) is 23.7. The first kappa shape index (κ1) is 20.9. The first-order valence-corrected chi connectivity index (χ1v) is 11.6. The maximum Gasteiger partial charge on any atom is 0.225 e. The van der Waals surface area contributed by atoms with Gasteiger partial charge in [0.05, 0.1) is 5.52 Å². The zero-order valence-corrected chi connectivity index (χ0v) is 18.4. The number of carbonyl (C=O) groups excluding carboxylic acids is 1. The van der Waals surface area contributed by atoms with E-state index in [1.165, 1.54) is 25.7 Å². The van der Waals surface area contributed by atoms with Crippen LogP contribution in [0.4, 0.5) is 11.8 Å². The van der Waals surface area contributed by atoms with Crippen LogP contribution in [0.15, 0.2) is 24.3 Å². The van der Waals surface area contributed by atoms with Gasteiger partial charge in [-0.05, 0) is 62.5 Å². The second-order valence-electron chi connectivity index (χ2n) is 9.30. The van der Waals surface area contributed by atoms with E-state index < -0.39 is 0 Å². The maximum absolute atomic E-state index is 12.2. The van der Waals surface area contributed by atoms with Gasteiger partial charge in [0, 0.05) is 38.5 Å². The smallest absolute Gasteiger partial charge is 0.225 e. The normalized spacial score (nSPS) is 22.2. The Labute approximate surface area is 179 Å². The molecular formula is C24H35N5O. The highest BCUT2D eigenvalue weighted by atomic mass is 16.1. The fraction of sp³-hybridized carbons (Fsp3) is 0.625. The Balaban J connectivity index is 1.27. The number of hydrogen-bond donors (Lipinski definition) is 2. The fourth-order valence-corrected chi connectivity index (χ4v) is 4.97. The Hall–Kier alpha value is -2.37. The molecule has 0 aliphatic heterocycles. The fourth-order valence-electron chi connectivity index (χ4n) is 4.97. The molecule has 2 fully saturated rings. The zero-order chi connectivity index (χ0) is 20.9. The molecule has 0 bridgehead atoms. The number of benzene rings is 1. The number of hydrogen-bond acceptors (Lipinski definition) is 5. The molecule has 30 heavy (non-hydrogen) atoms. The van der Waals surface area contributed by atoms with Gasteiger partial charge < -0.3 is 15.5 Å². The third-order valence-corrected chi connectivity index (χ3v) is 6.72. The van der Waals surface area contributed by atoms with Crippen molar-refractivity contribution in [2.75, 3.05) is 30.9 Å². The van der Waals surface area contributed by atoms with Crippen LogP contribution in [0.2, 0.25) is 0 Å². The molecule has 0 saturated heterocycles. The summed E-state index contributed by atoms with van der Waals surface area (Å²) in [5.74, 6) is 3.12. The highest BCUT2D eigenvalue weighted by Crippen LogP contribution is 2.29. The molecule has 2 N–H and O–H groups in total. The van der Waals surface area contributed by atoms with Gasteiger partial charge in [-0.3, -0.25) is 4.79 Å². The molecule has 1 aromatic heterocycles. The summed E-state index contributed by atoms with van der Waals surface area (Å²) in [5, 5.41) is 7.83. The first-order chi connectivity index (χ1) is 14.6. The second-order valence-corrected chi connectivity index (χ2v) is 9.30. The number of fused-ring (bicyclic) bond motifs is 1. The predicted molar refractivity (Wildman–Crippen MR) is 123 cm³/mol. The van der Waals surface area contributed by atoms with E-state index in [1.807, 2.05) is 37.2 Å². The van der Waals surface area contributed by atoms with Gasteiger partial charge in [0.25, 0.3) is 0 Å². The van der Waals surface area contributed by atoms with Gasteiger partial charge in [-0.25, -0.2) is 4.98 Å². The van der Waals surface area contributed by atoms with Crippen molar-refractivity contribution in [1.82, 2.24) is 15.3 Å². The lowest BCUT2D eigenvalue weighted by Crippen LogP contribution is -2.34.